The number of aromatic nitrogens is 4. The van der Waals surface area contributed by atoms with Crippen LogP contribution in [0.5, 0.6) is 5.75 Å². The minimum Gasteiger partial charge on any atom is -0.508 e. The van der Waals surface area contributed by atoms with Crippen LogP contribution in [0, 0.1) is 0 Å². The SMILES string of the molecule is O=C(CSc1nnnn1-c1ccc(O)cc1)c1ccc(S(=O)(=O)N2CCCC2)cc1. The second-order valence-electron chi connectivity index (χ2n) is 6.74. The predicted octanol–water partition coefficient (Wildman–Crippen LogP) is 2.13. The lowest BCUT2D eigenvalue weighted by Gasteiger charge is -2.15. The molecule has 11 heteroatoms. The first-order chi connectivity index (χ1) is 14.4. The summed E-state index contributed by atoms with van der Waals surface area (Å²) in [7, 11) is -3.50. The first kappa shape index (κ1) is 20.5. The molecule has 0 radical (unpaired) electrons. The maximum Gasteiger partial charge on any atom is 0.243 e. The molecule has 2 aromatic carbocycles. The van der Waals surface area contributed by atoms with Crippen molar-refractivity contribution in [1.82, 2.24) is 24.5 Å². The Labute approximate surface area is 177 Å². The molecular formula is C19H19N5O4S2. The van der Waals surface area contributed by atoms with Crippen LogP contribution in [0.4, 0.5) is 0 Å². The highest BCUT2D eigenvalue weighted by Crippen LogP contribution is 2.23. The van der Waals surface area contributed by atoms with E-state index in [-0.39, 0.29) is 22.2 Å². The van der Waals surface area contributed by atoms with Gasteiger partial charge in [0.1, 0.15) is 5.75 Å². The fraction of sp³-hybridized carbons (Fsp3) is 0.263. The number of rotatable bonds is 7. The van der Waals surface area contributed by atoms with Gasteiger partial charge in [0.15, 0.2) is 5.78 Å². The van der Waals surface area contributed by atoms with Crippen molar-refractivity contribution in [1.29, 1.82) is 0 Å². The summed E-state index contributed by atoms with van der Waals surface area (Å²) < 4.78 is 28.1. The van der Waals surface area contributed by atoms with Crippen LogP contribution in [0.1, 0.15) is 23.2 Å². The van der Waals surface area contributed by atoms with E-state index in [0.717, 1.165) is 12.8 Å². The van der Waals surface area contributed by atoms with Crippen LogP contribution in [0.3, 0.4) is 0 Å². The van der Waals surface area contributed by atoms with Crippen molar-refractivity contribution in [2.75, 3.05) is 18.8 Å². The van der Waals surface area contributed by atoms with E-state index in [2.05, 4.69) is 15.5 Å². The van der Waals surface area contributed by atoms with Gasteiger partial charge >= 0.3 is 0 Å². The maximum atomic E-state index is 12.6. The Morgan fingerprint density at radius 1 is 1.03 bits per heavy atom. The molecule has 1 aromatic heterocycles. The Bertz CT molecular complexity index is 1140. The van der Waals surface area contributed by atoms with Crippen molar-refractivity contribution in [3.8, 4) is 11.4 Å². The summed E-state index contributed by atoms with van der Waals surface area (Å²) in [5.41, 5.74) is 1.08. The molecule has 0 saturated carbocycles. The fourth-order valence-electron chi connectivity index (χ4n) is 3.13. The number of phenols is 1. The lowest BCUT2D eigenvalue weighted by Crippen LogP contribution is -2.27. The van der Waals surface area contributed by atoms with Crippen LogP contribution in [-0.4, -0.2) is 62.7 Å². The van der Waals surface area contributed by atoms with E-state index in [1.807, 2.05) is 0 Å². The molecule has 156 valence electrons. The second-order valence-corrected chi connectivity index (χ2v) is 9.62. The van der Waals surface area contributed by atoms with Gasteiger partial charge < -0.3 is 5.11 Å². The van der Waals surface area contributed by atoms with Gasteiger partial charge in [0.05, 0.1) is 16.3 Å². The molecule has 0 spiro atoms. The highest BCUT2D eigenvalue weighted by molar-refractivity contribution is 7.99. The van der Waals surface area contributed by atoms with Crippen LogP contribution in [0.25, 0.3) is 5.69 Å². The number of tetrazole rings is 1. The Hall–Kier alpha value is -2.76. The van der Waals surface area contributed by atoms with Crippen molar-refractivity contribution in [3.05, 3.63) is 54.1 Å². The van der Waals surface area contributed by atoms with Crippen molar-refractivity contribution in [2.45, 2.75) is 22.9 Å². The quantitative estimate of drug-likeness (QED) is 0.434. The first-order valence-electron chi connectivity index (χ1n) is 9.29. The molecule has 1 aliphatic heterocycles. The van der Waals surface area contributed by atoms with Gasteiger partial charge in [-0.2, -0.15) is 8.99 Å². The number of hydrogen-bond donors (Lipinski definition) is 1. The smallest absolute Gasteiger partial charge is 0.243 e. The average Bonchev–Trinajstić information content (AvgIpc) is 3.45. The number of sulfonamides is 1. The van der Waals surface area contributed by atoms with Crippen molar-refractivity contribution in [2.24, 2.45) is 0 Å². The minimum atomic E-state index is -3.50. The molecule has 4 rings (SSSR count). The zero-order chi connectivity index (χ0) is 21.1. The van der Waals surface area contributed by atoms with E-state index in [0.29, 0.717) is 29.5 Å². The molecule has 0 unspecified atom stereocenters. The number of Topliss-reactive ketones (excluding diaryl/α,β-unsaturated/α-hetero) is 1. The van der Waals surface area contributed by atoms with Crippen LogP contribution in [0.2, 0.25) is 0 Å². The number of carbonyl (C=O) groups is 1. The summed E-state index contributed by atoms with van der Waals surface area (Å²) in [6.45, 7) is 1.07. The third-order valence-corrected chi connectivity index (χ3v) is 7.58. The largest absolute Gasteiger partial charge is 0.508 e. The Balaban J connectivity index is 1.43. The standard InChI is InChI=1S/C19H19N5O4S2/c25-16-7-5-15(6-8-16)24-19(20-21-22-24)29-13-18(26)14-3-9-17(10-4-14)30(27,28)23-11-1-2-12-23/h3-10,25H,1-2,11-13H2. The summed E-state index contributed by atoms with van der Waals surface area (Å²) in [4.78, 5) is 12.8. The Kier molecular flexibility index (Phi) is 5.84. The maximum absolute atomic E-state index is 12.6. The zero-order valence-corrected chi connectivity index (χ0v) is 17.5. The molecule has 3 aromatic rings. The zero-order valence-electron chi connectivity index (χ0n) is 15.9. The molecule has 0 amide bonds. The number of aromatic hydroxyl groups is 1. The van der Waals surface area contributed by atoms with Gasteiger partial charge in [0.2, 0.25) is 15.2 Å². The monoisotopic (exact) mass is 445 g/mol. The average molecular weight is 446 g/mol. The predicted molar refractivity (Wildman–Crippen MR) is 110 cm³/mol. The molecule has 0 aliphatic carbocycles. The highest BCUT2D eigenvalue weighted by Gasteiger charge is 2.27. The fourth-order valence-corrected chi connectivity index (χ4v) is 5.43. The number of hydrogen-bond acceptors (Lipinski definition) is 8. The first-order valence-corrected chi connectivity index (χ1v) is 11.7. The molecule has 9 nitrogen and oxygen atoms in total. The van der Waals surface area contributed by atoms with Gasteiger partial charge in [-0.3, -0.25) is 4.79 Å². The number of thioether (sulfide) groups is 1. The van der Waals surface area contributed by atoms with Crippen molar-refractivity contribution < 1.29 is 18.3 Å². The van der Waals surface area contributed by atoms with Gasteiger partial charge in [0, 0.05) is 18.7 Å². The third kappa shape index (κ3) is 4.23. The van der Waals surface area contributed by atoms with Gasteiger partial charge in [-0.1, -0.05) is 23.9 Å². The number of nitrogens with zero attached hydrogens (tertiary/aromatic N) is 5. The Morgan fingerprint density at radius 2 is 1.70 bits per heavy atom. The number of ketones is 1. The van der Waals surface area contributed by atoms with E-state index >= 15 is 0 Å². The molecule has 1 N–H and O–H groups in total. The van der Waals surface area contributed by atoms with Gasteiger partial charge in [-0.15, -0.1) is 5.10 Å². The molecule has 1 aliphatic rings. The molecule has 0 atom stereocenters. The second kappa shape index (κ2) is 8.54. The molecule has 2 heterocycles. The number of benzene rings is 2. The summed E-state index contributed by atoms with van der Waals surface area (Å²) in [5.74, 6) is 0.0632. The Morgan fingerprint density at radius 3 is 2.37 bits per heavy atom. The summed E-state index contributed by atoms with van der Waals surface area (Å²) >= 11 is 1.17. The highest BCUT2D eigenvalue weighted by atomic mass is 32.2. The van der Waals surface area contributed by atoms with E-state index in [9.17, 15) is 18.3 Å². The van der Waals surface area contributed by atoms with E-state index in [1.54, 1.807) is 12.1 Å². The molecule has 1 fully saturated rings. The van der Waals surface area contributed by atoms with Gasteiger partial charge in [0.25, 0.3) is 0 Å². The van der Waals surface area contributed by atoms with Crippen LogP contribution < -0.4 is 0 Å². The van der Waals surface area contributed by atoms with Gasteiger partial charge in [-0.05, 0) is 59.7 Å². The van der Waals surface area contributed by atoms with E-state index in [4.69, 9.17) is 0 Å². The molecular weight excluding hydrogens is 426 g/mol. The van der Waals surface area contributed by atoms with Crippen LogP contribution >= 0.6 is 11.8 Å². The summed E-state index contributed by atoms with van der Waals surface area (Å²) in [6, 6.07) is 12.4. The topological polar surface area (TPSA) is 118 Å². The normalized spacial score (nSPS) is 14.8. The van der Waals surface area contributed by atoms with Gasteiger partial charge in [-0.25, -0.2) is 8.42 Å². The minimum absolute atomic E-state index is 0.0939. The molecule has 30 heavy (non-hydrogen) atoms. The lowest BCUT2D eigenvalue weighted by atomic mass is 10.1. The molecule has 0 bridgehead atoms. The van der Waals surface area contributed by atoms with Crippen LogP contribution in [-0.2, 0) is 10.0 Å². The molecule has 1 saturated heterocycles. The van der Waals surface area contributed by atoms with Crippen LogP contribution in [0.15, 0.2) is 58.6 Å². The summed E-state index contributed by atoms with van der Waals surface area (Å²) in [6.07, 6.45) is 1.74. The van der Waals surface area contributed by atoms with E-state index < -0.39 is 10.0 Å². The third-order valence-electron chi connectivity index (χ3n) is 4.75. The number of phenolic OH excluding ortho intramolecular Hbond substituents is 1. The van der Waals surface area contributed by atoms with E-state index in [1.165, 1.54) is 57.1 Å². The van der Waals surface area contributed by atoms with Crippen molar-refractivity contribution >= 4 is 27.6 Å². The number of carbonyl (C=O) groups excluding carboxylic acids is 1. The van der Waals surface area contributed by atoms with Crippen molar-refractivity contribution in [3.63, 3.8) is 0 Å². The lowest BCUT2D eigenvalue weighted by molar-refractivity contribution is 0.102. The summed E-state index contributed by atoms with van der Waals surface area (Å²) in [5, 5.41) is 21.3.